The zero-order valence-corrected chi connectivity index (χ0v) is 12.3. The first kappa shape index (κ1) is 15.1. The molecule has 1 aromatic carbocycles. The van der Waals surface area contributed by atoms with E-state index < -0.39 is 28.4 Å². The van der Waals surface area contributed by atoms with Crippen LogP contribution in [0.5, 0.6) is 0 Å². The third kappa shape index (κ3) is 2.04. The van der Waals surface area contributed by atoms with Gasteiger partial charge in [0.2, 0.25) is 0 Å². The number of nitrogens with zero attached hydrogens (tertiary/aromatic N) is 4. The lowest BCUT2D eigenvalue weighted by molar-refractivity contribution is 0.124. The summed E-state index contributed by atoms with van der Waals surface area (Å²) in [7, 11) is 0. The molecule has 5 nitrogen and oxygen atoms in total. The number of alkyl halides is 2. The number of hydrogen-bond acceptors (Lipinski definition) is 4. The second-order valence-electron chi connectivity index (χ2n) is 5.57. The Morgan fingerprint density at radius 2 is 2.27 bits per heavy atom. The fraction of sp³-hybridized carbons (Fsp3) is 0.462. The number of amidine groups is 1. The van der Waals surface area contributed by atoms with Gasteiger partial charge in [-0.1, -0.05) is 16.9 Å². The molecule has 1 fully saturated rings. The van der Waals surface area contributed by atoms with E-state index in [1.807, 2.05) is 0 Å². The SMILES string of the molecule is C[C@]1(c2cc(N=[N+]=[N-])ccc2F)N=C(N)S[C@@]2(C(F)F)C[C@@H]12. The lowest BCUT2D eigenvalue weighted by Gasteiger charge is -2.34. The first-order valence-corrected chi connectivity index (χ1v) is 7.33. The molecule has 1 aliphatic heterocycles. The minimum Gasteiger partial charge on any atom is -0.378 e. The fourth-order valence-corrected chi connectivity index (χ4v) is 4.46. The summed E-state index contributed by atoms with van der Waals surface area (Å²) in [5.41, 5.74) is 13.3. The molecule has 1 heterocycles. The maximum Gasteiger partial charge on any atom is 0.253 e. The van der Waals surface area contributed by atoms with Gasteiger partial charge in [-0.3, -0.25) is 4.99 Å². The molecule has 9 heteroatoms. The highest BCUT2D eigenvalue weighted by Crippen LogP contribution is 2.68. The van der Waals surface area contributed by atoms with Gasteiger partial charge in [0, 0.05) is 22.1 Å². The number of halogens is 3. The lowest BCUT2D eigenvalue weighted by Crippen LogP contribution is -2.38. The van der Waals surface area contributed by atoms with Crippen LogP contribution in [0.4, 0.5) is 18.9 Å². The van der Waals surface area contributed by atoms with Gasteiger partial charge in [-0.05, 0) is 37.1 Å². The van der Waals surface area contributed by atoms with Crippen LogP contribution < -0.4 is 5.73 Å². The molecule has 0 aromatic heterocycles. The molecular formula is C13H12F3N5S. The zero-order chi connectivity index (χ0) is 16.1. The smallest absolute Gasteiger partial charge is 0.253 e. The van der Waals surface area contributed by atoms with Gasteiger partial charge in [0.1, 0.15) is 5.82 Å². The van der Waals surface area contributed by atoms with Crippen LogP contribution in [0.3, 0.4) is 0 Å². The van der Waals surface area contributed by atoms with Crippen molar-refractivity contribution >= 4 is 22.6 Å². The predicted molar refractivity (Wildman–Crippen MR) is 78.6 cm³/mol. The van der Waals surface area contributed by atoms with Crippen LogP contribution in [-0.4, -0.2) is 16.3 Å². The molecule has 0 unspecified atom stereocenters. The molecule has 3 rings (SSSR count). The molecule has 0 saturated heterocycles. The largest absolute Gasteiger partial charge is 0.378 e. The fourth-order valence-electron chi connectivity index (χ4n) is 3.12. The molecule has 0 radical (unpaired) electrons. The summed E-state index contributed by atoms with van der Waals surface area (Å²) in [6.07, 6.45) is -2.36. The van der Waals surface area contributed by atoms with E-state index in [1.165, 1.54) is 12.1 Å². The minimum absolute atomic E-state index is 0.0186. The summed E-state index contributed by atoms with van der Waals surface area (Å²) in [4.78, 5) is 6.89. The van der Waals surface area contributed by atoms with Crippen LogP contribution in [0.2, 0.25) is 0 Å². The Balaban J connectivity index is 2.13. The molecule has 0 spiro atoms. The minimum atomic E-state index is -2.57. The van der Waals surface area contributed by atoms with E-state index in [1.54, 1.807) is 6.92 Å². The number of azide groups is 1. The van der Waals surface area contributed by atoms with Crippen molar-refractivity contribution in [3.05, 3.63) is 40.0 Å². The summed E-state index contributed by atoms with van der Waals surface area (Å²) in [5.74, 6) is -1.11. The first-order chi connectivity index (χ1) is 10.3. The maximum atomic E-state index is 14.2. The highest BCUT2D eigenvalue weighted by molar-refractivity contribution is 8.15. The third-order valence-electron chi connectivity index (χ3n) is 4.29. The van der Waals surface area contributed by atoms with Gasteiger partial charge in [0.15, 0.2) is 5.17 Å². The second kappa shape index (κ2) is 4.82. The number of nitrogens with two attached hydrogens (primary N) is 1. The Morgan fingerprint density at radius 1 is 1.55 bits per heavy atom. The molecule has 1 aliphatic carbocycles. The average Bonchev–Trinajstić information content (AvgIpc) is 3.18. The maximum absolute atomic E-state index is 14.2. The highest BCUT2D eigenvalue weighted by atomic mass is 32.2. The van der Waals surface area contributed by atoms with Crippen molar-refractivity contribution in [2.75, 3.05) is 0 Å². The second-order valence-corrected chi connectivity index (χ2v) is 6.95. The van der Waals surface area contributed by atoms with E-state index >= 15 is 0 Å². The lowest BCUT2D eigenvalue weighted by atomic mass is 9.85. The highest BCUT2D eigenvalue weighted by Gasteiger charge is 2.71. The summed E-state index contributed by atoms with van der Waals surface area (Å²) in [6, 6.07) is 3.81. The summed E-state index contributed by atoms with van der Waals surface area (Å²) in [6.45, 7) is 1.59. The number of rotatable bonds is 3. The van der Waals surface area contributed by atoms with Crippen molar-refractivity contribution in [3.63, 3.8) is 0 Å². The zero-order valence-electron chi connectivity index (χ0n) is 11.5. The molecule has 2 aliphatic rings. The average molecular weight is 327 g/mol. The van der Waals surface area contributed by atoms with Gasteiger partial charge in [0.25, 0.3) is 6.43 Å². The third-order valence-corrected chi connectivity index (χ3v) is 5.60. The van der Waals surface area contributed by atoms with E-state index in [0.29, 0.717) is 0 Å². The molecule has 0 amide bonds. The Morgan fingerprint density at radius 3 is 2.91 bits per heavy atom. The van der Waals surface area contributed by atoms with E-state index in [2.05, 4.69) is 15.0 Å². The summed E-state index contributed by atoms with van der Waals surface area (Å²) < 4.78 is 39.7. The van der Waals surface area contributed by atoms with Crippen LogP contribution in [0, 0.1) is 11.7 Å². The topological polar surface area (TPSA) is 87.1 Å². The quantitative estimate of drug-likeness (QED) is 0.515. The van der Waals surface area contributed by atoms with Crippen molar-refractivity contribution in [2.24, 2.45) is 21.8 Å². The Hall–Kier alpha value is -1.86. The van der Waals surface area contributed by atoms with Crippen LogP contribution >= 0.6 is 11.8 Å². The van der Waals surface area contributed by atoms with Crippen molar-refractivity contribution in [3.8, 4) is 0 Å². The number of benzene rings is 1. The molecule has 1 saturated carbocycles. The Bertz CT molecular complexity index is 718. The normalized spacial score (nSPS) is 33.0. The summed E-state index contributed by atoms with van der Waals surface area (Å²) >= 11 is 0.861. The molecular weight excluding hydrogens is 315 g/mol. The van der Waals surface area contributed by atoms with E-state index in [4.69, 9.17) is 11.3 Å². The summed E-state index contributed by atoms with van der Waals surface area (Å²) in [5, 5.41) is 3.44. The van der Waals surface area contributed by atoms with Gasteiger partial charge in [0.05, 0.1) is 10.3 Å². The van der Waals surface area contributed by atoms with Crippen molar-refractivity contribution in [1.29, 1.82) is 0 Å². The number of hydrogen-bond donors (Lipinski definition) is 1. The number of fused-ring (bicyclic) bond motifs is 1. The van der Waals surface area contributed by atoms with Crippen LogP contribution in [0.1, 0.15) is 18.9 Å². The molecule has 0 bridgehead atoms. The number of aliphatic imine (C=N–C) groups is 1. The van der Waals surface area contributed by atoms with Gasteiger partial charge in [-0.25, -0.2) is 13.2 Å². The van der Waals surface area contributed by atoms with Gasteiger partial charge in [-0.2, -0.15) is 0 Å². The van der Waals surface area contributed by atoms with Crippen LogP contribution in [-0.2, 0) is 5.54 Å². The molecule has 1 aromatic rings. The first-order valence-electron chi connectivity index (χ1n) is 6.51. The van der Waals surface area contributed by atoms with Crippen molar-refractivity contribution in [2.45, 2.75) is 30.1 Å². The van der Waals surface area contributed by atoms with Crippen LogP contribution in [0.15, 0.2) is 28.3 Å². The van der Waals surface area contributed by atoms with Crippen molar-refractivity contribution < 1.29 is 13.2 Å². The standard InChI is InChI=1S/C13H12F3N5S/c1-12(7-4-6(20-21-18)2-3-8(7)14)9-5-13(9,10(15)16)22-11(17)19-12/h2-4,9-10H,5H2,1H3,(H2,17,19)/t9-,12+,13-/m0/s1. The monoisotopic (exact) mass is 327 g/mol. The van der Waals surface area contributed by atoms with Gasteiger partial charge >= 0.3 is 0 Å². The van der Waals surface area contributed by atoms with Gasteiger partial charge in [-0.15, -0.1) is 0 Å². The Labute approximate surface area is 128 Å². The predicted octanol–water partition coefficient (Wildman–Crippen LogP) is 4.07. The van der Waals surface area contributed by atoms with E-state index in [-0.39, 0.29) is 22.8 Å². The van der Waals surface area contributed by atoms with Gasteiger partial charge < -0.3 is 5.73 Å². The van der Waals surface area contributed by atoms with Crippen molar-refractivity contribution in [1.82, 2.24) is 0 Å². The van der Waals surface area contributed by atoms with E-state index in [0.717, 1.165) is 17.8 Å². The Kier molecular flexibility index (Phi) is 3.30. The molecule has 22 heavy (non-hydrogen) atoms. The van der Waals surface area contributed by atoms with Crippen LogP contribution in [0.25, 0.3) is 10.4 Å². The molecule has 2 N–H and O–H groups in total. The molecule has 3 atom stereocenters. The number of thioether (sulfide) groups is 1. The molecule has 116 valence electrons. The van der Waals surface area contributed by atoms with E-state index in [9.17, 15) is 13.2 Å².